The van der Waals surface area contributed by atoms with E-state index in [2.05, 4.69) is 44.7 Å². The van der Waals surface area contributed by atoms with Crippen LogP contribution in [0.3, 0.4) is 0 Å². The van der Waals surface area contributed by atoms with E-state index in [-0.39, 0.29) is 24.3 Å². The van der Waals surface area contributed by atoms with E-state index >= 15 is 0 Å². The molecule has 1 aliphatic heterocycles. The van der Waals surface area contributed by atoms with Gasteiger partial charge in [0, 0.05) is 63.8 Å². The minimum Gasteiger partial charge on any atom is -0.355 e. The number of amides is 2. The number of benzene rings is 2. The van der Waals surface area contributed by atoms with Crippen LogP contribution in [0.25, 0.3) is 0 Å². The van der Waals surface area contributed by atoms with Gasteiger partial charge in [0.15, 0.2) is 0 Å². The van der Waals surface area contributed by atoms with Crippen molar-refractivity contribution >= 4 is 11.8 Å². The van der Waals surface area contributed by atoms with Crippen LogP contribution in [-0.4, -0.2) is 66.9 Å². The summed E-state index contributed by atoms with van der Waals surface area (Å²) in [6, 6.07) is 19.4. The predicted octanol–water partition coefficient (Wildman–Crippen LogP) is 2.13. The van der Waals surface area contributed by atoms with Gasteiger partial charge in [-0.2, -0.15) is 0 Å². The monoisotopic (exact) mass is 408 g/mol. The predicted molar refractivity (Wildman–Crippen MR) is 119 cm³/mol. The Morgan fingerprint density at radius 3 is 2.17 bits per heavy atom. The molecule has 3 rings (SSSR count). The lowest BCUT2D eigenvalue weighted by atomic mass is 10.1. The molecule has 2 N–H and O–H groups in total. The molecule has 1 saturated heterocycles. The molecule has 1 fully saturated rings. The number of nitrogens with zero attached hydrogens (tertiary/aromatic N) is 2. The van der Waals surface area contributed by atoms with Crippen molar-refractivity contribution in [3.05, 3.63) is 71.8 Å². The third-order valence-electron chi connectivity index (χ3n) is 5.37. The molecule has 0 radical (unpaired) electrons. The minimum absolute atomic E-state index is 0.0291. The highest BCUT2D eigenvalue weighted by Crippen LogP contribution is 2.08. The van der Waals surface area contributed by atoms with Gasteiger partial charge in [0.2, 0.25) is 5.91 Å². The first-order valence-electron chi connectivity index (χ1n) is 10.7. The maximum Gasteiger partial charge on any atom is 0.251 e. The van der Waals surface area contributed by atoms with Crippen LogP contribution in [0.4, 0.5) is 0 Å². The molecule has 0 bridgehead atoms. The maximum atomic E-state index is 12.2. The molecular formula is C24H32N4O2. The fourth-order valence-electron chi connectivity index (χ4n) is 3.66. The molecule has 1 unspecified atom stereocenters. The van der Waals surface area contributed by atoms with E-state index in [1.54, 1.807) is 12.1 Å². The zero-order chi connectivity index (χ0) is 21.2. The Morgan fingerprint density at radius 1 is 0.900 bits per heavy atom. The van der Waals surface area contributed by atoms with Crippen LogP contribution < -0.4 is 10.6 Å². The van der Waals surface area contributed by atoms with E-state index in [4.69, 9.17) is 0 Å². The van der Waals surface area contributed by atoms with Crippen LogP contribution in [0.1, 0.15) is 29.3 Å². The number of hydrogen-bond donors (Lipinski definition) is 2. The SMILES string of the molecule is CC(CC(=O)NCCN1CCN(Cc2ccccc2)CC1)NC(=O)c1ccccc1. The Morgan fingerprint density at radius 2 is 1.50 bits per heavy atom. The Bertz CT molecular complexity index is 789. The van der Waals surface area contributed by atoms with Crippen LogP contribution in [-0.2, 0) is 11.3 Å². The molecule has 0 aliphatic carbocycles. The molecule has 1 heterocycles. The summed E-state index contributed by atoms with van der Waals surface area (Å²) in [6.07, 6.45) is 0.281. The van der Waals surface area contributed by atoms with Gasteiger partial charge in [-0.3, -0.25) is 19.4 Å². The van der Waals surface area contributed by atoms with E-state index in [9.17, 15) is 9.59 Å². The largest absolute Gasteiger partial charge is 0.355 e. The van der Waals surface area contributed by atoms with Crippen LogP contribution in [0, 0.1) is 0 Å². The smallest absolute Gasteiger partial charge is 0.251 e. The van der Waals surface area contributed by atoms with Crippen molar-refractivity contribution in [3.63, 3.8) is 0 Å². The lowest BCUT2D eigenvalue weighted by Crippen LogP contribution is -2.48. The number of carbonyl (C=O) groups is 2. The number of nitrogens with one attached hydrogen (secondary N) is 2. The highest BCUT2D eigenvalue weighted by molar-refractivity contribution is 5.94. The van der Waals surface area contributed by atoms with Crippen molar-refractivity contribution in [1.29, 1.82) is 0 Å². The van der Waals surface area contributed by atoms with Gasteiger partial charge < -0.3 is 10.6 Å². The Labute approximate surface area is 179 Å². The fraction of sp³-hybridized carbons (Fsp3) is 0.417. The van der Waals surface area contributed by atoms with Crippen LogP contribution >= 0.6 is 0 Å². The van der Waals surface area contributed by atoms with Gasteiger partial charge in [-0.25, -0.2) is 0 Å². The summed E-state index contributed by atoms with van der Waals surface area (Å²) in [7, 11) is 0. The molecule has 30 heavy (non-hydrogen) atoms. The average molecular weight is 409 g/mol. The van der Waals surface area contributed by atoms with Gasteiger partial charge in [0.25, 0.3) is 5.91 Å². The Hall–Kier alpha value is -2.70. The molecule has 0 aromatic heterocycles. The first-order valence-corrected chi connectivity index (χ1v) is 10.7. The van der Waals surface area contributed by atoms with Crippen LogP contribution in [0.2, 0.25) is 0 Å². The van der Waals surface area contributed by atoms with Crippen LogP contribution in [0.5, 0.6) is 0 Å². The lowest BCUT2D eigenvalue weighted by molar-refractivity contribution is -0.121. The highest BCUT2D eigenvalue weighted by atomic mass is 16.2. The summed E-state index contributed by atoms with van der Waals surface area (Å²) < 4.78 is 0. The van der Waals surface area contributed by atoms with Crippen molar-refractivity contribution in [2.24, 2.45) is 0 Å². The Kier molecular flexibility index (Phi) is 8.41. The molecular weight excluding hydrogens is 376 g/mol. The zero-order valence-corrected chi connectivity index (χ0v) is 17.7. The van der Waals surface area contributed by atoms with Gasteiger partial charge in [-0.1, -0.05) is 48.5 Å². The van der Waals surface area contributed by atoms with E-state index < -0.39 is 0 Å². The number of rotatable bonds is 9. The quantitative estimate of drug-likeness (QED) is 0.667. The molecule has 2 amide bonds. The van der Waals surface area contributed by atoms with Crippen LogP contribution in [0.15, 0.2) is 60.7 Å². The second-order valence-electron chi connectivity index (χ2n) is 7.90. The first-order chi connectivity index (χ1) is 14.6. The first kappa shape index (κ1) is 22.0. The van der Waals surface area contributed by atoms with Crippen molar-refractivity contribution in [2.75, 3.05) is 39.3 Å². The number of piperazine rings is 1. The summed E-state index contributed by atoms with van der Waals surface area (Å²) in [5, 5.41) is 5.86. The highest BCUT2D eigenvalue weighted by Gasteiger charge is 2.17. The van der Waals surface area contributed by atoms with Crippen molar-refractivity contribution in [3.8, 4) is 0 Å². The molecule has 0 spiro atoms. The molecule has 2 aromatic carbocycles. The van der Waals surface area contributed by atoms with Gasteiger partial charge >= 0.3 is 0 Å². The average Bonchev–Trinajstić information content (AvgIpc) is 2.76. The summed E-state index contributed by atoms with van der Waals surface area (Å²) in [5.74, 6) is -0.178. The van der Waals surface area contributed by atoms with Crippen molar-refractivity contribution in [1.82, 2.24) is 20.4 Å². The minimum atomic E-state index is -0.209. The number of hydrogen-bond acceptors (Lipinski definition) is 4. The van der Waals surface area contributed by atoms with Gasteiger partial charge in [0.1, 0.15) is 0 Å². The standard InChI is InChI=1S/C24H32N4O2/c1-20(26-24(30)22-10-6-3-7-11-22)18-23(29)25-12-13-27-14-16-28(17-15-27)19-21-8-4-2-5-9-21/h2-11,20H,12-19H2,1H3,(H,25,29)(H,26,30). The zero-order valence-electron chi connectivity index (χ0n) is 17.7. The molecule has 0 saturated carbocycles. The third-order valence-corrected chi connectivity index (χ3v) is 5.37. The van der Waals surface area contributed by atoms with Gasteiger partial charge in [0.05, 0.1) is 0 Å². The Balaban J connectivity index is 1.28. The molecule has 6 heteroatoms. The van der Waals surface area contributed by atoms with E-state index in [1.807, 2.05) is 31.2 Å². The molecule has 1 atom stereocenters. The maximum absolute atomic E-state index is 12.2. The normalized spacial score (nSPS) is 16.0. The summed E-state index contributed by atoms with van der Waals surface area (Å²) in [4.78, 5) is 29.2. The topological polar surface area (TPSA) is 64.7 Å². The molecule has 160 valence electrons. The molecule has 2 aromatic rings. The number of carbonyl (C=O) groups excluding carboxylic acids is 2. The van der Waals surface area contributed by atoms with Crippen molar-refractivity contribution in [2.45, 2.75) is 25.9 Å². The summed E-state index contributed by atoms with van der Waals surface area (Å²) in [5.41, 5.74) is 1.96. The lowest BCUT2D eigenvalue weighted by Gasteiger charge is -2.34. The fourth-order valence-corrected chi connectivity index (χ4v) is 3.66. The van der Waals surface area contributed by atoms with Gasteiger partial charge in [-0.05, 0) is 24.6 Å². The van der Waals surface area contributed by atoms with Gasteiger partial charge in [-0.15, -0.1) is 0 Å². The third kappa shape index (κ3) is 7.28. The van der Waals surface area contributed by atoms with Crippen molar-refractivity contribution < 1.29 is 9.59 Å². The second-order valence-corrected chi connectivity index (χ2v) is 7.90. The second kappa shape index (κ2) is 11.5. The van der Waals surface area contributed by atoms with E-state index in [0.29, 0.717) is 12.1 Å². The summed E-state index contributed by atoms with van der Waals surface area (Å²) in [6.45, 7) is 8.48. The molecule has 6 nitrogen and oxygen atoms in total. The van der Waals surface area contributed by atoms with E-state index in [0.717, 1.165) is 39.3 Å². The molecule has 1 aliphatic rings. The van der Waals surface area contributed by atoms with E-state index in [1.165, 1.54) is 5.56 Å². The summed E-state index contributed by atoms with van der Waals surface area (Å²) >= 11 is 0.